The molecule has 2 aromatic heterocycles. The smallest absolute Gasteiger partial charge is 0.115 e. The maximum atomic E-state index is 4.12. The van der Waals surface area contributed by atoms with Crippen LogP contribution < -0.4 is 0 Å². The van der Waals surface area contributed by atoms with Crippen LogP contribution in [0.2, 0.25) is 0 Å². The molecule has 3 heterocycles. The molecule has 22 heavy (non-hydrogen) atoms. The molecule has 0 bridgehead atoms. The van der Waals surface area contributed by atoms with Crippen LogP contribution in [0.1, 0.15) is 24.8 Å². The highest BCUT2D eigenvalue weighted by Crippen LogP contribution is 2.34. The lowest BCUT2D eigenvalue weighted by Gasteiger charge is -2.12. The summed E-state index contributed by atoms with van der Waals surface area (Å²) in [6.07, 6.45) is 8.75. The first kappa shape index (κ1) is 13.5. The first-order valence-corrected chi connectivity index (χ1v) is 7.94. The molecule has 1 saturated heterocycles. The molecular weight excluding hydrogens is 272 g/mol. The second-order valence-electron chi connectivity index (χ2n) is 6.01. The lowest BCUT2D eigenvalue weighted by molar-refractivity contribution is 0.354. The van der Waals surface area contributed by atoms with E-state index in [-0.39, 0.29) is 0 Å². The molecule has 4 nitrogen and oxygen atoms in total. The number of aromatic nitrogens is 3. The van der Waals surface area contributed by atoms with Gasteiger partial charge in [0, 0.05) is 41.6 Å². The Labute approximate surface area is 130 Å². The van der Waals surface area contributed by atoms with E-state index in [9.17, 15) is 0 Å². The molecule has 1 fully saturated rings. The molecule has 112 valence electrons. The maximum Gasteiger partial charge on any atom is 0.115 e. The van der Waals surface area contributed by atoms with Crippen LogP contribution in [0, 0.1) is 0 Å². The third-order valence-electron chi connectivity index (χ3n) is 4.77. The van der Waals surface area contributed by atoms with E-state index >= 15 is 0 Å². The van der Waals surface area contributed by atoms with Gasteiger partial charge in [-0.3, -0.25) is 0 Å². The zero-order chi connectivity index (χ0) is 14.9. The van der Waals surface area contributed by atoms with Crippen molar-refractivity contribution in [3.63, 3.8) is 0 Å². The lowest BCUT2D eigenvalue weighted by atomic mass is 9.96. The number of fused-ring (bicyclic) bond motifs is 1. The van der Waals surface area contributed by atoms with Crippen LogP contribution in [0.3, 0.4) is 0 Å². The summed E-state index contributed by atoms with van der Waals surface area (Å²) in [4.78, 5) is 14.2. The summed E-state index contributed by atoms with van der Waals surface area (Å²) in [7, 11) is 0. The number of likely N-dealkylation sites (tertiary alicyclic amines) is 1. The molecule has 0 amide bonds. The molecule has 1 aliphatic rings. The molecule has 1 aliphatic heterocycles. The van der Waals surface area contributed by atoms with Crippen molar-refractivity contribution in [1.82, 2.24) is 19.9 Å². The van der Waals surface area contributed by atoms with Crippen molar-refractivity contribution in [2.75, 3.05) is 19.6 Å². The number of likely N-dealkylation sites (N-methyl/N-ethyl adjacent to an activating group) is 1. The summed E-state index contributed by atoms with van der Waals surface area (Å²) < 4.78 is 0. The van der Waals surface area contributed by atoms with Crippen molar-refractivity contribution in [3.05, 3.63) is 48.7 Å². The molecule has 1 aromatic carbocycles. The fourth-order valence-electron chi connectivity index (χ4n) is 3.48. The van der Waals surface area contributed by atoms with Crippen LogP contribution in [0.4, 0.5) is 0 Å². The van der Waals surface area contributed by atoms with Gasteiger partial charge in [0.25, 0.3) is 0 Å². The van der Waals surface area contributed by atoms with Gasteiger partial charge in [0.05, 0.1) is 0 Å². The number of hydrogen-bond acceptors (Lipinski definition) is 3. The minimum Gasteiger partial charge on any atom is -0.361 e. The highest BCUT2D eigenvalue weighted by Gasteiger charge is 2.24. The molecule has 1 atom stereocenters. The molecule has 4 heteroatoms. The Morgan fingerprint density at radius 1 is 1.23 bits per heavy atom. The molecule has 1 unspecified atom stereocenters. The van der Waals surface area contributed by atoms with Gasteiger partial charge < -0.3 is 9.88 Å². The minimum atomic E-state index is 0.635. The van der Waals surface area contributed by atoms with Gasteiger partial charge in [-0.1, -0.05) is 13.0 Å². The second kappa shape index (κ2) is 5.54. The van der Waals surface area contributed by atoms with Crippen molar-refractivity contribution in [2.45, 2.75) is 19.3 Å². The number of hydrogen-bond donors (Lipinski definition) is 1. The molecule has 3 aromatic rings. The van der Waals surface area contributed by atoms with Crippen molar-refractivity contribution < 1.29 is 0 Å². The van der Waals surface area contributed by atoms with Crippen LogP contribution in [0.25, 0.3) is 22.0 Å². The number of nitrogens with one attached hydrogen (secondary N) is 1. The van der Waals surface area contributed by atoms with Gasteiger partial charge in [-0.15, -0.1) is 0 Å². The van der Waals surface area contributed by atoms with Gasteiger partial charge >= 0.3 is 0 Å². The number of rotatable bonds is 3. The Morgan fingerprint density at radius 3 is 2.86 bits per heavy atom. The molecular formula is C18H20N4. The largest absolute Gasteiger partial charge is 0.361 e. The van der Waals surface area contributed by atoms with Crippen LogP contribution in [0.15, 0.2) is 43.1 Å². The van der Waals surface area contributed by atoms with E-state index in [0.29, 0.717) is 5.92 Å². The first-order chi connectivity index (χ1) is 10.8. The zero-order valence-corrected chi connectivity index (χ0v) is 12.8. The van der Waals surface area contributed by atoms with Crippen molar-refractivity contribution >= 4 is 10.9 Å². The van der Waals surface area contributed by atoms with Gasteiger partial charge in [0.1, 0.15) is 6.33 Å². The van der Waals surface area contributed by atoms with Crippen LogP contribution >= 0.6 is 0 Å². The summed E-state index contributed by atoms with van der Waals surface area (Å²) in [6.45, 7) is 5.76. The highest BCUT2D eigenvalue weighted by atomic mass is 15.1. The quantitative estimate of drug-likeness (QED) is 0.804. The summed E-state index contributed by atoms with van der Waals surface area (Å²) in [5.41, 5.74) is 4.91. The zero-order valence-electron chi connectivity index (χ0n) is 12.8. The van der Waals surface area contributed by atoms with E-state index in [4.69, 9.17) is 0 Å². The van der Waals surface area contributed by atoms with E-state index in [1.807, 2.05) is 12.4 Å². The molecule has 0 aliphatic carbocycles. The topological polar surface area (TPSA) is 44.8 Å². The number of benzene rings is 1. The SMILES string of the molecule is CCN1CCC(c2c[nH]c3ccc(-c4cncnc4)cc23)C1. The van der Waals surface area contributed by atoms with Crippen LogP contribution in [-0.4, -0.2) is 39.5 Å². The Hall–Kier alpha value is -2.20. The third kappa shape index (κ3) is 2.29. The van der Waals surface area contributed by atoms with Crippen molar-refractivity contribution in [2.24, 2.45) is 0 Å². The van der Waals surface area contributed by atoms with E-state index in [0.717, 1.165) is 12.1 Å². The van der Waals surface area contributed by atoms with Crippen molar-refractivity contribution in [1.29, 1.82) is 0 Å². The molecule has 4 rings (SSSR count). The average molecular weight is 292 g/mol. The molecule has 0 radical (unpaired) electrons. The Morgan fingerprint density at radius 2 is 2.09 bits per heavy atom. The predicted octanol–water partition coefficient (Wildman–Crippen LogP) is 3.43. The fraction of sp³-hybridized carbons (Fsp3) is 0.333. The van der Waals surface area contributed by atoms with E-state index < -0.39 is 0 Å². The molecule has 0 spiro atoms. The summed E-state index contributed by atoms with van der Waals surface area (Å²) >= 11 is 0. The summed E-state index contributed by atoms with van der Waals surface area (Å²) in [5.74, 6) is 0.635. The van der Waals surface area contributed by atoms with Crippen LogP contribution in [-0.2, 0) is 0 Å². The standard InChI is InChI=1S/C18H20N4/c1-2-22-6-5-14(11-22)17-10-21-18-4-3-13(7-16(17)18)15-8-19-12-20-9-15/h3-4,7-10,12,14,21H,2,5-6,11H2,1H3. The molecule has 1 N–H and O–H groups in total. The monoisotopic (exact) mass is 292 g/mol. The van der Waals surface area contributed by atoms with Crippen LogP contribution in [0.5, 0.6) is 0 Å². The van der Waals surface area contributed by atoms with Gasteiger partial charge in [0.15, 0.2) is 0 Å². The summed E-state index contributed by atoms with van der Waals surface area (Å²) in [6, 6.07) is 6.57. The average Bonchev–Trinajstić information content (AvgIpc) is 3.21. The van der Waals surface area contributed by atoms with Gasteiger partial charge in [-0.2, -0.15) is 0 Å². The fourth-order valence-corrected chi connectivity index (χ4v) is 3.48. The Bertz CT molecular complexity index is 778. The third-order valence-corrected chi connectivity index (χ3v) is 4.77. The number of nitrogens with zero attached hydrogens (tertiary/aromatic N) is 3. The van der Waals surface area contributed by atoms with Gasteiger partial charge in [-0.05, 0) is 48.7 Å². The van der Waals surface area contributed by atoms with E-state index in [1.54, 1.807) is 6.33 Å². The predicted molar refractivity (Wildman–Crippen MR) is 88.8 cm³/mol. The van der Waals surface area contributed by atoms with E-state index in [2.05, 4.69) is 51.2 Å². The maximum absolute atomic E-state index is 4.12. The normalized spacial score (nSPS) is 19.0. The van der Waals surface area contributed by atoms with E-state index in [1.165, 1.54) is 41.5 Å². The number of H-pyrrole nitrogens is 1. The molecule has 0 saturated carbocycles. The highest BCUT2D eigenvalue weighted by molar-refractivity contribution is 5.88. The Balaban J connectivity index is 1.74. The van der Waals surface area contributed by atoms with Gasteiger partial charge in [0.2, 0.25) is 0 Å². The van der Waals surface area contributed by atoms with Gasteiger partial charge in [-0.25, -0.2) is 9.97 Å². The number of aromatic amines is 1. The second-order valence-corrected chi connectivity index (χ2v) is 6.01. The minimum absolute atomic E-state index is 0.635. The Kier molecular flexibility index (Phi) is 3.39. The van der Waals surface area contributed by atoms with Crippen molar-refractivity contribution in [3.8, 4) is 11.1 Å². The lowest BCUT2D eigenvalue weighted by Crippen LogP contribution is -2.19. The first-order valence-electron chi connectivity index (χ1n) is 7.94. The summed E-state index contributed by atoms with van der Waals surface area (Å²) in [5, 5.41) is 1.34.